The molecule has 1 amide bonds. The van der Waals surface area contributed by atoms with E-state index in [1.807, 2.05) is 0 Å². The van der Waals surface area contributed by atoms with Crippen LogP contribution < -0.4 is 11.1 Å². The minimum Gasteiger partial charge on any atom is -0.350 e. The van der Waals surface area contributed by atoms with Crippen LogP contribution in [0.2, 0.25) is 0 Å². The molecule has 1 aromatic carbocycles. The highest BCUT2D eigenvalue weighted by molar-refractivity contribution is 7.91. The van der Waals surface area contributed by atoms with Gasteiger partial charge in [0.2, 0.25) is 0 Å². The Morgan fingerprint density at radius 1 is 1.38 bits per heavy atom. The maximum atomic E-state index is 12.1. The minimum absolute atomic E-state index is 0. The molecule has 1 unspecified atom stereocenters. The molecule has 1 aromatic rings. The Morgan fingerprint density at radius 2 is 2.00 bits per heavy atom. The normalized spacial score (nSPS) is 15.9. The van der Waals surface area contributed by atoms with E-state index in [0.29, 0.717) is 12.5 Å². The van der Waals surface area contributed by atoms with Crippen LogP contribution in [0.25, 0.3) is 0 Å². The van der Waals surface area contributed by atoms with E-state index in [4.69, 9.17) is 5.73 Å². The zero-order valence-corrected chi connectivity index (χ0v) is 13.5. The summed E-state index contributed by atoms with van der Waals surface area (Å²) in [6.45, 7) is 1.94. The first-order valence-electron chi connectivity index (χ1n) is 6.81. The highest BCUT2D eigenvalue weighted by Gasteiger charge is 2.29. The summed E-state index contributed by atoms with van der Waals surface area (Å²) in [6, 6.07) is 6.23. The van der Waals surface area contributed by atoms with Gasteiger partial charge in [0.1, 0.15) is 0 Å². The molecule has 0 heterocycles. The van der Waals surface area contributed by atoms with Crippen LogP contribution in [0.1, 0.15) is 30.1 Å². The van der Waals surface area contributed by atoms with Crippen molar-refractivity contribution in [3.8, 4) is 0 Å². The van der Waals surface area contributed by atoms with E-state index in [-0.39, 0.29) is 40.6 Å². The van der Waals surface area contributed by atoms with Crippen molar-refractivity contribution in [3.63, 3.8) is 0 Å². The summed E-state index contributed by atoms with van der Waals surface area (Å²) in [7, 11) is -3.41. The molecule has 2 rings (SSSR count). The number of nitrogens with one attached hydrogen (secondary N) is 1. The van der Waals surface area contributed by atoms with Gasteiger partial charge in [0.05, 0.1) is 16.2 Å². The third-order valence-electron chi connectivity index (χ3n) is 3.57. The van der Waals surface area contributed by atoms with Crippen LogP contribution in [0.3, 0.4) is 0 Å². The van der Waals surface area contributed by atoms with E-state index in [2.05, 4.69) is 5.32 Å². The number of hydrogen-bond donors (Lipinski definition) is 2. The molecule has 0 radical (unpaired) electrons. The van der Waals surface area contributed by atoms with E-state index in [1.54, 1.807) is 19.1 Å². The molecule has 21 heavy (non-hydrogen) atoms. The van der Waals surface area contributed by atoms with Crippen molar-refractivity contribution in [1.29, 1.82) is 0 Å². The highest BCUT2D eigenvalue weighted by Crippen LogP contribution is 2.31. The fraction of sp³-hybridized carbons (Fsp3) is 0.500. The summed E-state index contributed by atoms with van der Waals surface area (Å²) < 4.78 is 24.0. The summed E-state index contributed by atoms with van der Waals surface area (Å²) >= 11 is 0. The summed E-state index contributed by atoms with van der Waals surface area (Å²) in [5.41, 5.74) is 6.11. The topological polar surface area (TPSA) is 89.3 Å². The number of benzene rings is 1. The van der Waals surface area contributed by atoms with Crippen LogP contribution >= 0.6 is 12.4 Å². The molecule has 0 spiro atoms. The molecule has 0 aromatic heterocycles. The van der Waals surface area contributed by atoms with E-state index in [1.165, 1.54) is 12.1 Å². The second-order valence-corrected chi connectivity index (χ2v) is 7.36. The third kappa shape index (κ3) is 4.43. The fourth-order valence-electron chi connectivity index (χ4n) is 2.08. The fourth-order valence-corrected chi connectivity index (χ4v) is 3.17. The van der Waals surface area contributed by atoms with Gasteiger partial charge in [0.15, 0.2) is 9.84 Å². The Labute approximate surface area is 131 Å². The van der Waals surface area contributed by atoms with Gasteiger partial charge in [0.25, 0.3) is 5.91 Å². The van der Waals surface area contributed by atoms with Gasteiger partial charge in [-0.25, -0.2) is 8.42 Å². The quantitative estimate of drug-likeness (QED) is 0.823. The predicted molar refractivity (Wildman–Crippen MR) is 84.4 cm³/mol. The Bertz CT molecular complexity index is 600. The summed E-state index contributed by atoms with van der Waals surface area (Å²) in [4.78, 5) is 12.2. The summed E-state index contributed by atoms with van der Waals surface area (Å²) in [5, 5.41) is 2.73. The van der Waals surface area contributed by atoms with Gasteiger partial charge in [0, 0.05) is 12.6 Å². The van der Waals surface area contributed by atoms with Gasteiger partial charge in [-0.3, -0.25) is 4.79 Å². The van der Waals surface area contributed by atoms with E-state index < -0.39 is 9.84 Å². The molecule has 0 bridgehead atoms. The molecular formula is C14H21ClN2O3S. The molecule has 0 aliphatic heterocycles. The van der Waals surface area contributed by atoms with Gasteiger partial charge in [-0.15, -0.1) is 12.4 Å². The number of hydrogen-bond acceptors (Lipinski definition) is 4. The molecule has 0 saturated heterocycles. The number of carbonyl (C=O) groups is 1. The zero-order chi connectivity index (χ0) is 14.8. The van der Waals surface area contributed by atoms with Crippen molar-refractivity contribution in [2.45, 2.75) is 30.7 Å². The third-order valence-corrected chi connectivity index (χ3v) is 5.36. The lowest BCUT2D eigenvalue weighted by Crippen LogP contribution is -2.39. The first-order valence-corrected chi connectivity index (χ1v) is 8.46. The van der Waals surface area contributed by atoms with Gasteiger partial charge in [-0.2, -0.15) is 0 Å². The largest absolute Gasteiger partial charge is 0.350 e. The smallest absolute Gasteiger partial charge is 0.252 e. The van der Waals surface area contributed by atoms with Crippen LogP contribution in [0, 0.1) is 5.92 Å². The molecule has 1 atom stereocenters. The lowest BCUT2D eigenvalue weighted by atomic mass is 10.2. The van der Waals surface area contributed by atoms with Crippen LogP contribution in [-0.4, -0.2) is 32.7 Å². The number of rotatable bonds is 6. The lowest BCUT2D eigenvalue weighted by molar-refractivity contribution is 0.0947. The first kappa shape index (κ1) is 17.9. The minimum atomic E-state index is -3.41. The Morgan fingerprint density at radius 3 is 2.57 bits per heavy atom. The molecule has 7 heteroatoms. The van der Waals surface area contributed by atoms with E-state index in [0.717, 1.165) is 12.8 Å². The first-order chi connectivity index (χ1) is 9.45. The highest BCUT2D eigenvalue weighted by atomic mass is 35.5. The van der Waals surface area contributed by atoms with Gasteiger partial charge < -0.3 is 11.1 Å². The van der Waals surface area contributed by atoms with Crippen molar-refractivity contribution in [3.05, 3.63) is 29.8 Å². The molecular weight excluding hydrogens is 312 g/mol. The number of nitrogens with two attached hydrogens (primary N) is 1. The molecule has 118 valence electrons. The number of carbonyl (C=O) groups excluding carboxylic acids is 1. The standard InChI is InChI=1S/C14H20N2O3S.ClH/c1-2-20(18,19)13-6-4-3-5-11(13)14(17)16-9-12(15)10-7-8-10;/h3-6,10,12H,2,7-9,15H2,1H3,(H,16,17);1H. The molecule has 3 N–H and O–H groups in total. The molecule has 1 fully saturated rings. The lowest BCUT2D eigenvalue weighted by Gasteiger charge is -2.13. The van der Waals surface area contributed by atoms with Gasteiger partial charge in [-0.05, 0) is 30.9 Å². The molecule has 5 nitrogen and oxygen atoms in total. The second-order valence-electron chi connectivity index (χ2n) is 5.11. The van der Waals surface area contributed by atoms with Crippen molar-refractivity contribution >= 4 is 28.2 Å². The molecule has 1 aliphatic carbocycles. The van der Waals surface area contributed by atoms with Crippen molar-refractivity contribution in [2.24, 2.45) is 11.7 Å². The SMILES string of the molecule is CCS(=O)(=O)c1ccccc1C(=O)NCC(N)C1CC1.Cl. The average molecular weight is 333 g/mol. The van der Waals surface area contributed by atoms with Crippen LogP contribution in [0.5, 0.6) is 0 Å². The number of sulfone groups is 1. The second kappa shape index (κ2) is 7.24. The van der Waals surface area contributed by atoms with Crippen molar-refractivity contribution in [2.75, 3.05) is 12.3 Å². The van der Waals surface area contributed by atoms with Crippen molar-refractivity contribution in [1.82, 2.24) is 5.32 Å². The Kier molecular flexibility index (Phi) is 6.19. The van der Waals surface area contributed by atoms with Crippen molar-refractivity contribution < 1.29 is 13.2 Å². The Hall–Kier alpha value is -1.11. The Balaban J connectivity index is 0.00000220. The molecule has 1 saturated carbocycles. The van der Waals surface area contributed by atoms with E-state index in [9.17, 15) is 13.2 Å². The molecule has 1 aliphatic rings. The average Bonchev–Trinajstić information content (AvgIpc) is 3.29. The summed E-state index contributed by atoms with van der Waals surface area (Å²) in [5.74, 6) is 0.0810. The monoisotopic (exact) mass is 332 g/mol. The van der Waals surface area contributed by atoms with Gasteiger partial charge >= 0.3 is 0 Å². The van der Waals surface area contributed by atoms with Crippen LogP contribution in [-0.2, 0) is 9.84 Å². The number of halogens is 1. The predicted octanol–water partition coefficient (Wildman–Crippen LogP) is 1.37. The zero-order valence-electron chi connectivity index (χ0n) is 11.9. The summed E-state index contributed by atoms with van der Waals surface area (Å²) in [6.07, 6.45) is 2.22. The van der Waals surface area contributed by atoms with E-state index >= 15 is 0 Å². The maximum absolute atomic E-state index is 12.1. The van der Waals surface area contributed by atoms with Crippen LogP contribution in [0.15, 0.2) is 29.2 Å². The van der Waals surface area contributed by atoms with Gasteiger partial charge in [-0.1, -0.05) is 19.1 Å². The maximum Gasteiger partial charge on any atom is 0.252 e. The van der Waals surface area contributed by atoms with Crippen LogP contribution in [0.4, 0.5) is 0 Å². The number of amides is 1.